The van der Waals surface area contributed by atoms with E-state index in [9.17, 15) is 4.79 Å². The Morgan fingerprint density at radius 1 is 1.37 bits per heavy atom. The van der Waals surface area contributed by atoms with Gasteiger partial charge in [-0.05, 0) is 26.8 Å². The summed E-state index contributed by atoms with van der Waals surface area (Å²) in [5.41, 5.74) is 3.40. The van der Waals surface area contributed by atoms with Crippen LogP contribution in [-0.4, -0.2) is 10.9 Å². The van der Waals surface area contributed by atoms with Crippen molar-refractivity contribution in [2.75, 3.05) is 0 Å². The van der Waals surface area contributed by atoms with Gasteiger partial charge >= 0.3 is 0 Å². The summed E-state index contributed by atoms with van der Waals surface area (Å²) in [6.45, 7) is 5.48. The molecule has 2 rings (SSSR count). The summed E-state index contributed by atoms with van der Waals surface area (Å²) in [7, 11) is 0. The summed E-state index contributed by atoms with van der Waals surface area (Å²) >= 11 is 1.42. The van der Waals surface area contributed by atoms with E-state index in [4.69, 9.17) is 14.7 Å². The number of nitrogens with two attached hydrogens (primary N) is 1. The second-order valence-electron chi connectivity index (χ2n) is 4.07. The highest BCUT2D eigenvalue weighted by atomic mass is 32.2. The molecule has 0 fully saturated rings. The molecule has 19 heavy (non-hydrogen) atoms. The van der Waals surface area contributed by atoms with Crippen LogP contribution in [0, 0.1) is 20.8 Å². The summed E-state index contributed by atoms with van der Waals surface area (Å²) in [4.78, 5) is 15.7. The second-order valence-corrected chi connectivity index (χ2v) is 4.99. The minimum absolute atomic E-state index is 0.361. The molecule has 0 atom stereocenters. The van der Waals surface area contributed by atoms with Crippen molar-refractivity contribution < 1.29 is 13.6 Å². The van der Waals surface area contributed by atoms with E-state index in [2.05, 4.69) is 10.4 Å². The van der Waals surface area contributed by atoms with Crippen molar-refractivity contribution in [3.05, 3.63) is 34.6 Å². The van der Waals surface area contributed by atoms with Gasteiger partial charge in [-0.15, -0.1) is 0 Å². The number of amides is 1. The predicted molar refractivity (Wildman–Crippen MR) is 70.6 cm³/mol. The van der Waals surface area contributed by atoms with E-state index in [-0.39, 0.29) is 5.91 Å². The van der Waals surface area contributed by atoms with Gasteiger partial charge in [-0.25, -0.2) is 10.8 Å². The van der Waals surface area contributed by atoms with E-state index in [0.717, 1.165) is 11.5 Å². The zero-order valence-electron chi connectivity index (χ0n) is 10.9. The minimum atomic E-state index is -0.361. The first-order valence-electron chi connectivity index (χ1n) is 5.68. The molecule has 0 aliphatic heterocycles. The maximum Gasteiger partial charge on any atom is 0.268 e. The average Bonchev–Trinajstić information content (AvgIpc) is 2.90. The number of aryl methyl sites for hydroxylation is 3. The molecule has 0 aromatic carbocycles. The molecule has 102 valence electrons. The van der Waals surface area contributed by atoms with E-state index in [1.54, 1.807) is 13.0 Å². The molecule has 0 saturated carbocycles. The predicted octanol–water partition coefficient (Wildman–Crippen LogP) is 2.09. The Balaban J connectivity index is 2.06. The number of hydrogen-bond donors (Lipinski definition) is 2. The van der Waals surface area contributed by atoms with Gasteiger partial charge in [0, 0.05) is 0 Å². The van der Waals surface area contributed by atoms with Gasteiger partial charge < -0.3 is 8.83 Å². The molecular weight excluding hydrogens is 266 g/mol. The van der Waals surface area contributed by atoms with Crippen molar-refractivity contribution in [1.29, 1.82) is 0 Å². The van der Waals surface area contributed by atoms with Crippen LogP contribution in [0.1, 0.15) is 33.3 Å². The second kappa shape index (κ2) is 5.50. The quantitative estimate of drug-likeness (QED) is 0.386. The van der Waals surface area contributed by atoms with Gasteiger partial charge in [0.25, 0.3) is 11.1 Å². The number of carbonyl (C=O) groups is 1. The molecule has 0 aliphatic rings. The van der Waals surface area contributed by atoms with E-state index in [0.29, 0.717) is 28.1 Å². The van der Waals surface area contributed by atoms with Crippen molar-refractivity contribution in [1.82, 2.24) is 10.4 Å². The number of nitrogens with one attached hydrogen (secondary N) is 1. The maximum absolute atomic E-state index is 11.4. The van der Waals surface area contributed by atoms with Crippen LogP contribution in [0.15, 0.2) is 20.1 Å². The molecule has 0 aliphatic carbocycles. The third-order valence-corrected chi connectivity index (χ3v) is 3.54. The largest absolute Gasteiger partial charge is 0.465 e. The Hall–Kier alpha value is -1.73. The summed E-state index contributed by atoms with van der Waals surface area (Å²) in [5, 5.41) is 0.592. The Morgan fingerprint density at radius 3 is 2.68 bits per heavy atom. The third-order valence-electron chi connectivity index (χ3n) is 2.69. The van der Waals surface area contributed by atoms with Crippen LogP contribution < -0.4 is 11.3 Å². The lowest BCUT2D eigenvalue weighted by Gasteiger charge is -1.93. The van der Waals surface area contributed by atoms with Crippen molar-refractivity contribution in [3.63, 3.8) is 0 Å². The number of hydrazine groups is 1. The molecule has 0 bridgehead atoms. The number of hydrogen-bond acceptors (Lipinski definition) is 6. The molecule has 0 unspecified atom stereocenters. The number of nitrogen functional groups attached to an aromatic ring is 1. The molecule has 3 N–H and O–H groups in total. The van der Waals surface area contributed by atoms with E-state index in [1.165, 1.54) is 11.8 Å². The van der Waals surface area contributed by atoms with Crippen LogP contribution in [-0.2, 0) is 5.75 Å². The van der Waals surface area contributed by atoms with Crippen LogP contribution in [0.5, 0.6) is 0 Å². The summed E-state index contributed by atoms with van der Waals surface area (Å²) < 4.78 is 10.9. The van der Waals surface area contributed by atoms with E-state index < -0.39 is 0 Å². The summed E-state index contributed by atoms with van der Waals surface area (Å²) in [6.07, 6.45) is 0. The fourth-order valence-corrected chi connectivity index (χ4v) is 2.35. The lowest BCUT2D eigenvalue weighted by Crippen LogP contribution is -2.30. The van der Waals surface area contributed by atoms with Crippen LogP contribution in [0.4, 0.5) is 0 Å². The minimum Gasteiger partial charge on any atom is -0.465 e. The van der Waals surface area contributed by atoms with Gasteiger partial charge in [0.15, 0.2) is 0 Å². The molecule has 2 heterocycles. The SMILES string of the molecule is Cc1nc(SCc2cc(C(=O)NN)c(C)o2)oc1C. The summed E-state index contributed by atoms with van der Waals surface area (Å²) in [6, 6.07) is 1.67. The molecule has 7 heteroatoms. The lowest BCUT2D eigenvalue weighted by molar-refractivity contribution is 0.0952. The highest BCUT2D eigenvalue weighted by Crippen LogP contribution is 2.26. The zero-order valence-corrected chi connectivity index (χ0v) is 11.8. The van der Waals surface area contributed by atoms with Crippen molar-refractivity contribution in [2.24, 2.45) is 5.84 Å². The first-order valence-corrected chi connectivity index (χ1v) is 6.67. The number of oxazole rings is 1. The third kappa shape index (κ3) is 2.99. The first kappa shape index (κ1) is 13.7. The zero-order chi connectivity index (χ0) is 14.0. The molecule has 2 aromatic rings. The van der Waals surface area contributed by atoms with E-state index in [1.807, 2.05) is 13.8 Å². The Kier molecular flexibility index (Phi) is 3.96. The smallest absolute Gasteiger partial charge is 0.268 e. The highest BCUT2D eigenvalue weighted by Gasteiger charge is 2.15. The van der Waals surface area contributed by atoms with Gasteiger partial charge in [-0.2, -0.15) is 0 Å². The van der Waals surface area contributed by atoms with Crippen molar-refractivity contribution >= 4 is 17.7 Å². The van der Waals surface area contributed by atoms with Crippen molar-refractivity contribution in [2.45, 2.75) is 31.7 Å². The number of furan rings is 1. The molecule has 0 saturated heterocycles. The van der Waals surface area contributed by atoms with Gasteiger partial charge in [0.05, 0.1) is 17.0 Å². The standard InChI is InChI=1S/C12H15N3O3S/c1-6-7(2)18-12(14-6)19-5-9-4-10(8(3)17-9)11(16)15-13/h4H,5,13H2,1-3H3,(H,15,16). The number of nitrogens with zero attached hydrogens (tertiary/aromatic N) is 1. The van der Waals surface area contributed by atoms with Crippen LogP contribution in [0.25, 0.3) is 0 Å². The fourth-order valence-electron chi connectivity index (χ4n) is 1.56. The average molecular weight is 281 g/mol. The Labute approximate surface area is 114 Å². The maximum atomic E-state index is 11.4. The fraction of sp³-hybridized carbons (Fsp3) is 0.333. The van der Waals surface area contributed by atoms with Gasteiger partial charge in [-0.3, -0.25) is 10.2 Å². The van der Waals surface area contributed by atoms with Gasteiger partial charge in [0.2, 0.25) is 0 Å². The number of rotatable bonds is 4. The van der Waals surface area contributed by atoms with Crippen LogP contribution in [0.3, 0.4) is 0 Å². The van der Waals surface area contributed by atoms with Gasteiger partial charge in [0.1, 0.15) is 17.3 Å². The highest BCUT2D eigenvalue weighted by molar-refractivity contribution is 7.98. The topological polar surface area (TPSA) is 94.3 Å². The normalized spacial score (nSPS) is 10.7. The molecular formula is C12H15N3O3S. The van der Waals surface area contributed by atoms with Crippen molar-refractivity contribution in [3.8, 4) is 0 Å². The first-order chi connectivity index (χ1) is 9.01. The molecule has 0 radical (unpaired) electrons. The number of thioether (sulfide) groups is 1. The molecule has 0 spiro atoms. The number of aromatic nitrogens is 1. The van der Waals surface area contributed by atoms with Crippen LogP contribution in [0.2, 0.25) is 0 Å². The monoisotopic (exact) mass is 281 g/mol. The molecule has 2 aromatic heterocycles. The molecule has 6 nitrogen and oxygen atoms in total. The lowest BCUT2D eigenvalue weighted by atomic mass is 10.2. The summed E-state index contributed by atoms with van der Waals surface area (Å²) in [5.74, 6) is 7.30. The Morgan fingerprint density at radius 2 is 2.11 bits per heavy atom. The van der Waals surface area contributed by atoms with Gasteiger partial charge in [-0.1, -0.05) is 11.8 Å². The number of carbonyl (C=O) groups excluding carboxylic acids is 1. The van der Waals surface area contributed by atoms with E-state index >= 15 is 0 Å². The molecule has 1 amide bonds. The van der Waals surface area contributed by atoms with Crippen LogP contribution >= 0.6 is 11.8 Å². The Bertz CT molecular complexity index is 584.